The van der Waals surface area contributed by atoms with Gasteiger partial charge >= 0.3 is 0 Å². The van der Waals surface area contributed by atoms with E-state index in [9.17, 15) is 0 Å². The smallest absolute Gasteiger partial charge is 0.216 e. The summed E-state index contributed by atoms with van der Waals surface area (Å²) in [6.07, 6.45) is 0. The fourth-order valence-electron chi connectivity index (χ4n) is 3.43. The molecule has 0 bridgehead atoms. The van der Waals surface area contributed by atoms with E-state index in [2.05, 4.69) is 75.3 Å². The van der Waals surface area contributed by atoms with Crippen LogP contribution in [-0.4, -0.2) is 19.9 Å². The van der Waals surface area contributed by atoms with Crippen LogP contribution in [0.25, 0.3) is 10.9 Å². The van der Waals surface area contributed by atoms with Crippen LogP contribution in [0.2, 0.25) is 0 Å². The van der Waals surface area contributed by atoms with Crippen molar-refractivity contribution in [1.82, 2.24) is 19.9 Å². The molecule has 5 rings (SSSR count). The summed E-state index contributed by atoms with van der Waals surface area (Å²) in [4.78, 5) is 3.53. The van der Waals surface area contributed by atoms with Crippen molar-refractivity contribution in [3.8, 4) is 0 Å². The predicted octanol–water partition coefficient (Wildman–Crippen LogP) is 4.48. The van der Waals surface area contributed by atoms with E-state index in [0.29, 0.717) is 5.92 Å². The molecule has 122 valence electrons. The van der Waals surface area contributed by atoms with Crippen LogP contribution in [-0.2, 0) is 0 Å². The standard InChI is InChI=1S/C17H17N5S2/c1-9(2)15-19-20-17-22(15)21-13(24-17)8-23-16(21)14-10(3)18-12-7-5-4-6-11(12)14/h4-9,16,18H,1-3H3. The third kappa shape index (κ3) is 1.85. The molecule has 5 nitrogen and oxygen atoms in total. The highest BCUT2D eigenvalue weighted by Crippen LogP contribution is 2.53. The number of nitrogens with one attached hydrogen (secondary N) is 1. The van der Waals surface area contributed by atoms with Crippen LogP contribution in [0.1, 0.15) is 42.2 Å². The molecule has 1 N–H and O–H groups in total. The SMILES string of the molecule is Cc1[nH]c2ccccc2c1C1SC=C2Sc3nnc(C(C)C)n3N21. The zero-order chi connectivity index (χ0) is 16.4. The normalized spacial score (nSPS) is 19.2. The summed E-state index contributed by atoms with van der Waals surface area (Å²) in [6.45, 7) is 6.49. The summed E-state index contributed by atoms with van der Waals surface area (Å²) in [5.74, 6) is 1.35. The van der Waals surface area contributed by atoms with Gasteiger partial charge in [0.15, 0.2) is 5.82 Å². The molecule has 1 aromatic carbocycles. The highest BCUT2D eigenvalue weighted by molar-refractivity contribution is 8.07. The van der Waals surface area contributed by atoms with E-state index in [4.69, 9.17) is 0 Å². The van der Waals surface area contributed by atoms with Crippen LogP contribution in [0.4, 0.5) is 0 Å². The van der Waals surface area contributed by atoms with Crippen LogP contribution in [0, 0.1) is 6.92 Å². The molecule has 0 spiro atoms. The minimum Gasteiger partial charge on any atom is -0.358 e. The molecule has 0 radical (unpaired) electrons. The van der Waals surface area contributed by atoms with E-state index in [0.717, 1.165) is 11.0 Å². The van der Waals surface area contributed by atoms with Crippen LogP contribution < -0.4 is 5.01 Å². The van der Waals surface area contributed by atoms with Gasteiger partial charge in [-0.15, -0.1) is 10.2 Å². The van der Waals surface area contributed by atoms with Crippen molar-refractivity contribution in [3.05, 3.63) is 51.8 Å². The summed E-state index contributed by atoms with van der Waals surface area (Å²) in [5, 5.41) is 17.1. The second kappa shape index (κ2) is 5.07. The molecule has 0 saturated heterocycles. The number of hydrogen-bond donors (Lipinski definition) is 1. The second-order valence-electron chi connectivity index (χ2n) is 6.41. The Kier molecular flexibility index (Phi) is 3.06. The van der Waals surface area contributed by atoms with Gasteiger partial charge in [0.25, 0.3) is 0 Å². The number of hydrogen-bond acceptors (Lipinski definition) is 5. The summed E-state index contributed by atoms with van der Waals surface area (Å²) in [7, 11) is 0. The molecule has 0 saturated carbocycles. The minimum atomic E-state index is 0.207. The topological polar surface area (TPSA) is 49.7 Å². The Morgan fingerprint density at radius 1 is 1.21 bits per heavy atom. The van der Waals surface area contributed by atoms with Crippen molar-refractivity contribution >= 4 is 34.4 Å². The number of thioether (sulfide) groups is 2. The maximum atomic E-state index is 4.40. The first-order valence-electron chi connectivity index (χ1n) is 8.00. The molecule has 1 unspecified atom stereocenters. The number of H-pyrrole nitrogens is 1. The van der Waals surface area contributed by atoms with E-state index in [1.807, 2.05) is 11.8 Å². The lowest BCUT2D eigenvalue weighted by atomic mass is 10.1. The van der Waals surface area contributed by atoms with Gasteiger partial charge in [-0.3, -0.25) is 5.01 Å². The van der Waals surface area contributed by atoms with Crippen molar-refractivity contribution in [2.75, 3.05) is 5.01 Å². The van der Waals surface area contributed by atoms with Gasteiger partial charge in [-0.05, 0) is 24.8 Å². The average molecular weight is 355 g/mol. The number of aromatic amines is 1. The van der Waals surface area contributed by atoms with Gasteiger partial charge in [-0.25, -0.2) is 4.68 Å². The van der Waals surface area contributed by atoms with Crippen LogP contribution in [0.5, 0.6) is 0 Å². The van der Waals surface area contributed by atoms with Crippen LogP contribution in [0.3, 0.4) is 0 Å². The number of nitrogens with zero attached hydrogens (tertiary/aromatic N) is 4. The molecule has 4 heterocycles. The lowest BCUT2D eigenvalue weighted by Crippen LogP contribution is -2.31. The number of aryl methyl sites for hydroxylation is 1. The van der Waals surface area contributed by atoms with E-state index in [1.54, 1.807) is 11.8 Å². The van der Waals surface area contributed by atoms with Crippen molar-refractivity contribution in [2.24, 2.45) is 0 Å². The summed E-state index contributed by atoms with van der Waals surface area (Å²) in [5.41, 5.74) is 3.76. The first-order chi connectivity index (χ1) is 11.6. The Bertz CT molecular complexity index is 984. The first kappa shape index (κ1) is 14.5. The molecule has 2 aliphatic rings. The number of fused-ring (bicyclic) bond motifs is 4. The number of aromatic nitrogens is 4. The van der Waals surface area contributed by atoms with Gasteiger partial charge in [-0.1, -0.05) is 43.8 Å². The minimum absolute atomic E-state index is 0.207. The third-order valence-electron chi connectivity index (χ3n) is 4.50. The largest absolute Gasteiger partial charge is 0.358 e. The van der Waals surface area contributed by atoms with Crippen molar-refractivity contribution in [1.29, 1.82) is 0 Å². The van der Waals surface area contributed by atoms with Crippen LogP contribution in [0.15, 0.2) is 39.9 Å². The number of rotatable bonds is 2. The maximum Gasteiger partial charge on any atom is 0.216 e. The maximum absolute atomic E-state index is 4.40. The molecule has 0 fully saturated rings. The molecule has 0 amide bonds. The van der Waals surface area contributed by atoms with Crippen molar-refractivity contribution in [3.63, 3.8) is 0 Å². The highest BCUT2D eigenvalue weighted by atomic mass is 32.2. The fraction of sp³-hybridized carbons (Fsp3) is 0.294. The molecule has 0 aliphatic carbocycles. The predicted molar refractivity (Wildman–Crippen MR) is 99.6 cm³/mol. The molecule has 24 heavy (non-hydrogen) atoms. The first-order valence-corrected chi connectivity index (χ1v) is 9.76. The molecule has 1 atom stereocenters. The Hall–Kier alpha value is -1.86. The second-order valence-corrected chi connectivity index (χ2v) is 8.35. The lowest BCUT2D eigenvalue weighted by molar-refractivity contribution is 0.582. The monoisotopic (exact) mass is 355 g/mol. The Morgan fingerprint density at radius 3 is 2.88 bits per heavy atom. The molecular formula is C17H17N5S2. The summed E-state index contributed by atoms with van der Waals surface area (Å²) in [6, 6.07) is 8.53. The quantitative estimate of drug-likeness (QED) is 0.734. The summed E-state index contributed by atoms with van der Waals surface area (Å²) >= 11 is 3.56. The fourth-order valence-corrected chi connectivity index (χ4v) is 5.79. The number of para-hydroxylation sites is 1. The van der Waals surface area contributed by atoms with E-state index in [-0.39, 0.29) is 5.37 Å². The van der Waals surface area contributed by atoms with Crippen molar-refractivity contribution < 1.29 is 0 Å². The highest BCUT2D eigenvalue weighted by Gasteiger charge is 2.41. The Morgan fingerprint density at radius 2 is 2.04 bits per heavy atom. The molecular weight excluding hydrogens is 338 g/mol. The number of benzene rings is 1. The molecule has 7 heteroatoms. The van der Waals surface area contributed by atoms with Gasteiger partial charge in [0.05, 0.1) is 0 Å². The van der Waals surface area contributed by atoms with E-state index >= 15 is 0 Å². The van der Waals surface area contributed by atoms with E-state index < -0.39 is 0 Å². The average Bonchev–Trinajstić information content (AvgIpc) is 3.25. The van der Waals surface area contributed by atoms with Gasteiger partial charge in [0.1, 0.15) is 10.4 Å². The molecule has 3 aromatic rings. The Labute approximate surface area is 148 Å². The van der Waals surface area contributed by atoms with E-state index in [1.165, 1.54) is 27.2 Å². The van der Waals surface area contributed by atoms with Gasteiger partial charge in [-0.2, -0.15) is 0 Å². The Balaban J connectivity index is 1.68. The van der Waals surface area contributed by atoms with Gasteiger partial charge in [0.2, 0.25) is 5.16 Å². The van der Waals surface area contributed by atoms with Gasteiger partial charge < -0.3 is 4.98 Å². The lowest BCUT2D eigenvalue weighted by Gasteiger charge is -2.26. The third-order valence-corrected chi connectivity index (χ3v) is 6.65. The zero-order valence-electron chi connectivity index (χ0n) is 13.6. The van der Waals surface area contributed by atoms with Crippen molar-refractivity contribution in [2.45, 2.75) is 37.2 Å². The molecule has 2 aromatic heterocycles. The van der Waals surface area contributed by atoms with Crippen LogP contribution >= 0.6 is 23.5 Å². The van der Waals surface area contributed by atoms with Gasteiger partial charge in [0, 0.05) is 33.5 Å². The summed E-state index contributed by atoms with van der Waals surface area (Å²) < 4.78 is 2.20. The zero-order valence-corrected chi connectivity index (χ0v) is 15.3. The molecule has 2 aliphatic heterocycles.